The third-order valence-electron chi connectivity index (χ3n) is 4.58. The van der Waals surface area contributed by atoms with Gasteiger partial charge in [-0.25, -0.2) is 0 Å². The van der Waals surface area contributed by atoms with E-state index in [1.165, 1.54) is 24.8 Å². The van der Waals surface area contributed by atoms with Crippen molar-refractivity contribution >= 4 is 17.6 Å². The van der Waals surface area contributed by atoms with E-state index in [1.54, 1.807) is 0 Å². The first kappa shape index (κ1) is 13.7. The highest BCUT2D eigenvalue weighted by Gasteiger charge is 2.30. The van der Waals surface area contributed by atoms with Crippen LogP contribution < -0.4 is 11.1 Å². The van der Waals surface area contributed by atoms with E-state index in [9.17, 15) is 0 Å². The van der Waals surface area contributed by atoms with Crippen molar-refractivity contribution in [1.82, 2.24) is 5.32 Å². The Labute approximate surface area is 125 Å². The van der Waals surface area contributed by atoms with Crippen molar-refractivity contribution in [2.24, 2.45) is 16.6 Å². The summed E-state index contributed by atoms with van der Waals surface area (Å²) in [4.78, 5) is 4.44. The molecule has 0 aliphatic heterocycles. The summed E-state index contributed by atoms with van der Waals surface area (Å²) in [5.41, 5.74) is 7.31. The van der Waals surface area contributed by atoms with Gasteiger partial charge in [-0.05, 0) is 55.2 Å². The average Bonchev–Trinajstić information content (AvgIpc) is 2.33. The molecule has 0 bridgehead atoms. The van der Waals surface area contributed by atoms with Gasteiger partial charge in [-0.15, -0.1) is 0 Å². The first-order valence-corrected chi connectivity index (χ1v) is 7.90. The fourth-order valence-electron chi connectivity index (χ4n) is 2.90. The molecule has 0 atom stereocenters. The van der Waals surface area contributed by atoms with Gasteiger partial charge in [-0.2, -0.15) is 0 Å². The fraction of sp³-hybridized carbons (Fsp3) is 0.562. The molecule has 4 heteroatoms. The Kier molecular flexibility index (Phi) is 4.16. The van der Waals surface area contributed by atoms with Gasteiger partial charge in [0.15, 0.2) is 5.96 Å². The van der Waals surface area contributed by atoms with E-state index in [-0.39, 0.29) is 0 Å². The molecule has 0 spiro atoms. The molecule has 3 nitrogen and oxygen atoms in total. The number of nitrogens with one attached hydrogen (secondary N) is 1. The third-order valence-corrected chi connectivity index (χ3v) is 4.83. The van der Waals surface area contributed by atoms with Crippen LogP contribution >= 0.6 is 11.6 Å². The number of benzene rings is 1. The summed E-state index contributed by atoms with van der Waals surface area (Å²) < 4.78 is 0. The number of halogens is 1. The predicted molar refractivity (Wildman–Crippen MR) is 84.2 cm³/mol. The molecule has 2 aliphatic carbocycles. The van der Waals surface area contributed by atoms with Gasteiger partial charge in [0.1, 0.15) is 0 Å². The molecule has 0 aromatic heterocycles. The SMILES string of the molecule is NC(=NCC1CCC1)NC1CC(c2ccc(Cl)cc2)C1. The lowest BCUT2D eigenvalue weighted by Crippen LogP contribution is -2.46. The zero-order chi connectivity index (χ0) is 13.9. The molecule has 1 aromatic carbocycles. The maximum absolute atomic E-state index is 5.94. The molecule has 0 radical (unpaired) electrons. The maximum Gasteiger partial charge on any atom is 0.188 e. The Bertz CT molecular complexity index is 473. The summed E-state index contributed by atoms with van der Waals surface area (Å²) in [7, 11) is 0. The molecular formula is C16H22ClN3. The molecule has 0 amide bonds. The van der Waals surface area contributed by atoms with Gasteiger partial charge in [0.25, 0.3) is 0 Å². The Morgan fingerprint density at radius 2 is 1.95 bits per heavy atom. The van der Waals surface area contributed by atoms with Crippen LogP contribution in [0.1, 0.15) is 43.6 Å². The van der Waals surface area contributed by atoms with Gasteiger partial charge in [-0.1, -0.05) is 30.2 Å². The van der Waals surface area contributed by atoms with E-state index in [1.807, 2.05) is 12.1 Å². The van der Waals surface area contributed by atoms with Crippen LogP contribution in [0, 0.1) is 5.92 Å². The number of aliphatic imine (C=N–C) groups is 1. The summed E-state index contributed by atoms with van der Waals surface area (Å²) in [5, 5.41) is 4.13. The molecule has 0 unspecified atom stereocenters. The van der Waals surface area contributed by atoms with Crippen molar-refractivity contribution in [2.75, 3.05) is 6.54 Å². The standard InChI is InChI=1S/C16H22ClN3/c17-14-6-4-12(5-7-14)13-8-15(9-13)20-16(18)19-10-11-2-1-3-11/h4-7,11,13,15H,1-3,8-10H2,(H3,18,19,20). The van der Waals surface area contributed by atoms with Crippen molar-refractivity contribution < 1.29 is 0 Å². The number of guanidine groups is 1. The van der Waals surface area contributed by atoms with Gasteiger partial charge in [0.05, 0.1) is 0 Å². The van der Waals surface area contributed by atoms with E-state index < -0.39 is 0 Å². The molecule has 20 heavy (non-hydrogen) atoms. The maximum atomic E-state index is 5.94. The van der Waals surface area contributed by atoms with Crippen LogP contribution in [0.5, 0.6) is 0 Å². The minimum Gasteiger partial charge on any atom is -0.370 e. The van der Waals surface area contributed by atoms with Crippen molar-refractivity contribution in [3.8, 4) is 0 Å². The van der Waals surface area contributed by atoms with Crippen molar-refractivity contribution in [3.05, 3.63) is 34.9 Å². The Morgan fingerprint density at radius 3 is 2.55 bits per heavy atom. The van der Waals surface area contributed by atoms with Gasteiger partial charge in [0.2, 0.25) is 0 Å². The number of hydrogen-bond acceptors (Lipinski definition) is 1. The number of nitrogens with zero attached hydrogens (tertiary/aromatic N) is 1. The van der Waals surface area contributed by atoms with E-state index in [2.05, 4.69) is 22.4 Å². The second kappa shape index (κ2) is 6.04. The molecule has 3 N–H and O–H groups in total. The zero-order valence-electron chi connectivity index (χ0n) is 11.7. The summed E-state index contributed by atoms with van der Waals surface area (Å²) >= 11 is 5.91. The summed E-state index contributed by atoms with van der Waals surface area (Å²) in [5.74, 6) is 2.03. The quantitative estimate of drug-likeness (QED) is 0.661. The first-order valence-electron chi connectivity index (χ1n) is 7.52. The molecule has 2 saturated carbocycles. The van der Waals surface area contributed by atoms with Crippen LogP contribution in [0.3, 0.4) is 0 Å². The predicted octanol–water partition coefficient (Wildman–Crippen LogP) is 3.29. The molecule has 1 aromatic rings. The largest absolute Gasteiger partial charge is 0.370 e. The third kappa shape index (κ3) is 3.26. The topological polar surface area (TPSA) is 50.4 Å². The van der Waals surface area contributed by atoms with Crippen LogP contribution in [-0.2, 0) is 0 Å². The second-order valence-electron chi connectivity index (χ2n) is 6.08. The molecule has 2 fully saturated rings. The van der Waals surface area contributed by atoms with E-state index >= 15 is 0 Å². The molecular weight excluding hydrogens is 270 g/mol. The van der Waals surface area contributed by atoms with Gasteiger partial charge >= 0.3 is 0 Å². The van der Waals surface area contributed by atoms with Crippen molar-refractivity contribution in [3.63, 3.8) is 0 Å². The molecule has 0 heterocycles. The normalized spacial score (nSPS) is 26.8. The number of hydrogen-bond donors (Lipinski definition) is 2. The molecule has 0 saturated heterocycles. The highest BCUT2D eigenvalue weighted by molar-refractivity contribution is 6.30. The Morgan fingerprint density at radius 1 is 1.25 bits per heavy atom. The molecule has 3 rings (SSSR count). The van der Waals surface area contributed by atoms with E-state index in [0.29, 0.717) is 17.9 Å². The summed E-state index contributed by atoms with van der Waals surface area (Å²) in [6, 6.07) is 8.65. The first-order chi connectivity index (χ1) is 9.70. The highest BCUT2D eigenvalue weighted by atomic mass is 35.5. The van der Waals surface area contributed by atoms with Crippen molar-refractivity contribution in [2.45, 2.75) is 44.1 Å². The van der Waals surface area contributed by atoms with Gasteiger partial charge in [0, 0.05) is 17.6 Å². The number of nitrogens with two attached hydrogens (primary N) is 1. The van der Waals surface area contributed by atoms with Gasteiger partial charge < -0.3 is 11.1 Å². The fourth-order valence-corrected chi connectivity index (χ4v) is 3.03. The van der Waals surface area contributed by atoms with Crippen LogP contribution in [0.15, 0.2) is 29.3 Å². The lowest BCUT2D eigenvalue weighted by atomic mass is 9.76. The monoisotopic (exact) mass is 291 g/mol. The van der Waals surface area contributed by atoms with Crippen molar-refractivity contribution in [1.29, 1.82) is 0 Å². The smallest absolute Gasteiger partial charge is 0.188 e. The summed E-state index contributed by atoms with van der Waals surface area (Å²) in [6.07, 6.45) is 6.25. The number of rotatable bonds is 4. The highest BCUT2D eigenvalue weighted by Crippen LogP contribution is 2.37. The van der Waals surface area contributed by atoms with E-state index in [0.717, 1.165) is 30.3 Å². The van der Waals surface area contributed by atoms with Crippen LogP contribution in [-0.4, -0.2) is 18.5 Å². The average molecular weight is 292 g/mol. The zero-order valence-corrected chi connectivity index (χ0v) is 12.4. The van der Waals surface area contributed by atoms with Gasteiger partial charge in [-0.3, -0.25) is 4.99 Å². The van der Waals surface area contributed by atoms with Crippen LogP contribution in [0.2, 0.25) is 5.02 Å². The lowest BCUT2D eigenvalue weighted by Gasteiger charge is -2.36. The molecule has 2 aliphatic rings. The lowest BCUT2D eigenvalue weighted by molar-refractivity contribution is 0.317. The molecule has 108 valence electrons. The summed E-state index contributed by atoms with van der Waals surface area (Å²) in [6.45, 7) is 0.895. The van der Waals surface area contributed by atoms with Crippen LogP contribution in [0.25, 0.3) is 0 Å². The minimum absolute atomic E-state index is 0.473. The Hall–Kier alpha value is -1.22. The second-order valence-corrected chi connectivity index (χ2v) is 6.52. The van der Waals surface area contributed by atoms with Crippen LogP contribution in [0.4, 0.5) is 0 Å². The Balaban J connectivity index is 1.42. The minimum atomic E-state index is 0.473. The van der Waals surface area contributed by atoms with E-state index in [4.69, 9.17) is 17.3 Å².